The summed E-state index contributed by atoms with van der Waals surface area (Å²) in [5.41, 5.74) is 1.49. The van der Waals surface area contributed by atoms with Gasteiger partial charge in [-0.05, 0) is 29.8 Å². The van der Waals surface area contributed by atoms with Gasteiger partial charge in [-0.25, -0.2) is 4.98 Å². The van der Waals surface area contributed by atoms with Crippen LogP contribution < -0.4 is 0 Å². The Balaban J connectivity index is 2.29. The van der Waals surface area contributed by atoms with E-state index in [1.165, 1.54) is 6.20 Å². The highest BCUT2D eigenvalue weighted by atomic mass is 79.9. The summed E-state index contributed by atoms with van der Waals surface area (Å²) in [6.07, 6.45) is 5.00. The van der Waals surface area contributed by atoms with Gasteiger partial charge in [-0.3, -0.25) is 0 Å². The summed E-state index contributed by atoms with van der Waals surface area (Å²) in [5.74, 6) is -0.453. The van der Waals surface area contributed by atoms with Crippen molar-refractivity contribution in [2.24, 2.45) is 0 Å². The first-order valence-corrected chi connectivity index (χ1v) is 5.60. The third-order valence-corrected chi connectivity index (χ3v) is 2.86. The highest BCUT2D eigenvalue weighted by Crippen LogP contribution is 2.18. The van der Waals surface area contributed by atoms with Gasteiger partial charge in [0.25, 0.3) is 0 Å². The van der Waals surface area contributed by atoms with Crippen LogP contribution in [0.2, 0.25) is 0 Å². The lowest BCUT2D eigenvalue weighted by molar-refractivity contribution is 0.581. The van der Waals surface area contributed by atoms with Crippen molar-refractivity contribution in [3.8, 4) is 0 Å². The van der Waals surface area contributed by atoms with E-state index in [-0.39, 0.29) is 0 Å². The van der Waals surface area contributed by atoms with Crippen LogP contribution >= 0.6 is 15.9 Å². The lowest BCUT2D eigenvalue weighted by Crippen LogP contribution is -1.85. The first-order chi connectivity index (χ1) is 7.77. The molecule has 0 bridgehead atoms. The number of benzene rings is 1. The van der Waals surface area contributed by atoms with Crippen LogP contribution in [0.25, 0.3) is 12.2 Å². The van der Waals surface area contributed by atoms with Crippen LogP contribution in [-0.2, 0) is 0 Å². The van der Waals surface area contributed by atoms with Crippen LogP contribution in [0.3, 0.4) is 0 Å². The number of rotatable bonds is 2. The topological polar surface area (TPSA) is 12.9 Å². The molecular formula is C13H9BrFN. The molecule has 1 aromatic heterocycles. The molecule has 1 heterocycles. The lowest BCUT2D eigenvalue weighted by Gasteiger charge is -1.97. The summed E-state index contributed by atoms with van der Waals surface area (Å²) in [6.45, 7) is 0. The molecule has 0 aliphatic heterocycles. The quantitative estimate of drug-likeness (QED) is 0.752. The average molecular weight is 278 g/mol. The Morgan fingerprint density at radius 2 is 1.69 bits per heavy atom. The van der Waals surface area contributed by atoms with Gasteiger partial charge in [-0.15, -0.1) is 0 Å². The van der Waals surface area contributed by atoms with E-state index in [2.05, 4.69) is 20.9 Å². The van der Waals surface area contributed by atoms with Gasteiger partial charge in [0.2, 0.25) is 5.95 Å². The Hall–Kier alpha value is -1.48. The van der Waals surface area contributed by atoms with Crippen molar-refractivity contribution in [1.29, 1.82) is 0 Å². The normalized spacial score (nSPS) is 10.9. The number of pyridine rings is 1. The van der Waals surface area contributed by atoms with Crippen molar-refractivity contribution in [2.75, 3.05) is 0 Å². The monoisotopic (exact) mass is 277 g/mol. The van der Waals surface area contributed by atoms with Crippen molar-refractivity contribution in [3.63, 3.8) is 0 Å². The predicted molar refractivity (Wildman–Crippen MR) is 67.3 cm³/mol. The standard InChI is InChI=1S/C13H9BrFN/c14-12-6-2-1-4-10(12)7-8-11-5-3-9-16-13(11)15/h1-9H/b8-7-. The van der Waals surface area contributed by atoms with Crippen LogP contribution in [0.15, 0.2) is 47.1 Å². The fourth-order valence-electron chi connectivity index (χ4n) is 1.31. The average Bonchev–Trinajstić information content (AvgIpc) is 2.30. The first kappa shape index (κ1) is 11.0. The molecule has 0 aliphatic rings. The number of hydrogen-bond acceptors (Lipinski definition) is 1. The maximum atomic E-state index is 13.2. The maximum absolute atomic E-state index is 13.2. The van der Waals surface area contributed by atoms with Gasteiger partial charge in [0.15, 0.2) is 0 Å². The smallest absolute Gasteiger partial charge is 0.220 e. The highest BCUT2D eigenvalue weighted by Gasteiger charge is 1.98. The minimum absolute atomic E-state index is 0.453. The van der Waals surface area contributed by atoms with Crippen LogP contribution in [-0.4, -0.2) is 4.98 Å². The van der Waals surface area contributed by atoms with E-state index in [9.17, 15) is 4.39 Å². The van der Waals surface area contributed by atoms with Crippen molar-refractivity contribution in [2.45, 2.75) is 0 Å². The van der Waals surface area contributed by atoms with Gasteiger partial charge in [0, 0.05) is 16.2 Å². The van der Waals surface area contributed by atoms with Gasteiger partial charge in [0.05, 0.1) is 0 Å². The maximum Gasteiger partial charge on any atom is 0.220 e. The summed E-state index contributed by atoms with van der Waals surface area (Å²) in [6, 6.07) is 11.2. The van der Waals surface area contributed by atoms with E-state index >= 15 is 0 Å². The number of aromatic nitrogens is 1. The second kappa shape index (κ2) is 5.03. The molecule has 0 spiro atoms. The Morgan fingerprint density at radius 3 is 2.44 bits per heavy atom. The molecule has 1 aromatic carbocycles. The molecule has 1 nitrogen and oxygen atoms in total. The molecule has 0 saturated heterocycles. The third kappa shape index (κ3) is 2.55. The summed E-state index contributed by atoms with van der Waals surface area (Å²) in [7, 11) is 0. The SMILES string of the molecule is Fc1ncccc1/C=C\c1ccccc1Br. The molecule has 0 aliphatic carbocycles. The van der Waals surface area contributed by atoms with E-state index in [0.29, 0.717) is 5.56 Å². The molecule has 80 valence electrons. The minimum atomic E-state index is -0.453. The van der Waals surface area contributed by atoms with Crippen LogP contribution in [0.1, 0.15) is 11.1 Å². The van der Waals surface area contributed by atoms with E-state index in [0.717, 1.165) is 10.0 Å². The van der Waals surface area contributed by atoms with Gasteiger partial charge >= 0.3 is 0 Å². The van der Waals surface area contributed by atoms with E-state index < -0.39 is 5.95 Å². The first-order valence-electron chi connectivity index (χ1n) is 4.80. The second-order valence-electron chi connectivity index (χ2n) is 3.24. The molecule has 3 heteroatoms. The Kier molecular flexibility index (Phi) is 3.47. The van der Waals surface area contributed by atoms with Gasteiger partial charge < -0.3 is 0 Å². The summed E-state index contributed by atoms with van der Waals surface area (Å²) < 4.78 is 14.2. The molecular weight excluding hydrogens is 269 g/mol. The van der Waals surface area contributed by atoms with Crippen molar-refractivity contribution in [1.82, 2.24) is 4.98 Å². The van der Waals surface area contributed by atoms with E-state index in [1.54, 1.807) is 18.2 Å². The fourth-order valence-corrected chi connectivity index (χ4v) is 1.73. The molecule has 0 radical (unpaired) electrons. The number of hydrogen-bond donors (Lipinski definition) is 0. The Labute approximate surface area is 102 Å². The molecule has 0 unspecified atom stereocenters. The zero-order valence-electron chi connectivity index (χ0n) is 8.40. The lowest BCUT2D eigenvalue weighted by atomic mass is 10.2. The number of nitrogens with zero attached hydrogens (tertiary/aromatic N) is 1. The van der Waals surface area contributed by atoms with Crippen LogP contribution in [0, 0.1) is 5.95 Å². The van der Waals surface area contributed by atoms with E-state index in [4.69, 9.17) is 0 Å². The second-order valence-corrected chi connectivity index (χ2v) is 4.09. The largest absolute Gasteiger partial charge is 0.228 e. The molecule has 0 fully saturated rings. The van der Waals surface area contributed by atoms with Crippen molar-refractivity contribution >= 4 is 28.1 Å². The van der Waals surface area contributed by atoms with E-state index in [1.807, 2.05) is 30.3 Å². The molecule has 0 saturated carbocycles. The highest BCUT2D eigenvalue weighted by molar-refractivity contribution is 9.10. The van der Waals surface area contributed by atoms with Crippen molar-refractivity contribution in [3.05, 3.63) is 64.1 Å². The van der Waals surface area contributed by atoms with Gasteiger partial charge in [-0.1, -0.05) is 40.2 Å². The minimum Gasteiger partial charge on any atom is -0.228 e. The predicted octanol–water partition coefficient (Wildman–Crippen LogP) is 4.15. The molecule has 16 heavy (non-hydrogen) atoms. The van der Waals surface area contributed by atoms with Crippen LogP contribution in [0.4, 0.5) is 4.39 Å². The third-order valence-electron chi connectivity index (χ3n) is 2.14. The zero-order chi connectivity index (χ0) is 11.4. The molecule has 0 N–H and O–H groups in total. The molecule has 0 atom stereocenters. The Morgan fingerprint density at radius 1 is 1.00 bits per heavy atom. The van der Waals surface area contributed by atoms with Crippen molar-refractivity contribution < 1.29 is 4.39 Å². The zero-order valence-corrected chi connectivity index (χ0v) is 9.99. The summed E-state index contributed by atoms with van der Waals surface area (Å²) >= 11 is 3.43. The molecule has 2 aromatic rings. The summed E-state index contributed by atoms with van der Waals surface area (Å²) in [4.78, 5) is 3.58. The molecule has 2 rings (SSSR count). The van der Waals surface area contributed by atoms with Gasteiger partial charge in [0.1, 0.15) is 0 Å². The Bertz CT molecular complexity index is 475. The van der Waals surface area contributed by atoms with Gasteiger partial charge in [-0.2, -0.15) is 4.39 Å². The van der Waals surface area contributed by atoms with Crippen LogP contribution in [0.5, 0.6) is 0 Å². The summed E-state index contributed by atoms with van der Waals surface area (Å²) in [5, 5.41) is 0. The molecule has 0 amide bonds. The number of halogens is 2. The fraction of sp³-hybridized carbons (Fsp3) is 0.